The van der Waals surface area contributed by atoms with Crippen LogP contribution >= 0.6 is 0 Å². The van der Waals surface area contributed by atoms with Crippen molar-refractivity contribution in [3.63, 3.8) is 0 Å². The van der Waals surface area contributed by atoms with Gasteiger partial charge in [0.25, 0.3) is 0 Å². The molecule has 0 spiro atoms. The average Bonchev–Trinajstić information content (AvgIpc) is 3.85. The normalized spacial score (nSPS) is 17.1. The molecule has 2 nitrogen and oxygen atoms in total. The summed E-state index contributed by atoms with van der Waals surface area (Å²) in [5.74, 6) is 0.273. The highest BCUT2D eigenvalue weighted by atomic mass is 15.2. The number of anilines is 5. The highest BCUT2D eigenvalue weighted by molar-refractivity contribution is 5.91. The number of fused-ring (bicyclic) bond motifs is 8. The fraction of sp³-hybridized carbons (Fsp3) is 0.133. The SMILES string of the molecule is CC1(C)C2=C(CC3C(=C2)N(c2ccccc2)c2ccc(-c4ccc(N(c5ccc(-c6ccccc6)cc5)c5ccc6c(c5)C(C)(C)c5ccccc5-6)cc4)cc23)c2ccccc21. The topological polar surface area (TPSA) is 6.48 Å². The first-order valence-corrected chi connectivity index (χ1v) is 22.1. The average molecular weight is 797 g/mol. The van der Waals surface area contributed by atoms with Gasteiger partial charge in [0.2, 0.25) is 0 Å². The van der Waals surface area contributed by atoms with Crippen LogP contribution in [0.25, 0.3) is 39.0 Å². The molecule has 0 amide bonds. The maximum atomic E-state index is 2.53. The smallest absolute Gasteiger partial charge is 0.0497 e. The minimum atomic E-state index is -0.0961. The van der Waals surface area contributed by atoms with Crippen LogP contribution in [0.15, 0.2) is 211 Å². The Morgan fingerprint density at radius 1 is 0.452 bits per heavy atom. The maximum Gasteiger partial charge on any atom is 0.0497 e. The highest BCUT2D eigenvalue weighted by Gasteiger charge is 2.45. The van der Waals surface area contributed by atoms with Crippen molar-refractivity contribution in [3.05, 3.63) is 239 Å². The van der Waals surface area contributed by atoms with Crippen molar-refractivity contribution >= 4 is 34.0 Å². The number of hydrogen-bond donors (Lipinski definition) is 0. The van der Waals surface area contributed by atoms with E-state index in [2.05, 4.69) is 238 Å². The number of nitrogens with zero attached hydrogens (tertiary/aromatic N) is 2. The molecule has 0 aromatic heterocycles. The summed E-state index contributed by atoms with van der Waals surface area (Å²) in [6, 6.07) is 72.0. The Labute approximate surface area is 365 Å². The van der Waals surface area contributed by atoms with E-state index in [1.54, 1.807) is 0 Å². The Morgan fingerprint density at radius 2 is 0.984 bits per heavy atom. The molecule has 1 aliphatic heterocycles. The molecule has 62 heavy (non-hydrogen) atoms. The van der Waals surface area contributed by atoms with E-state index in [-0.39, 0.29) is 16.7 Å². The number of para-hydroxylation sites is 1. The summed E-state index contributed by atoms with van der Waals surface area (Å²) in [5.41, 5.74) is 24.7. The number of rotatable bonds is 6. The van der Waals surface area contributed by atoms with Crippen LogP contribution in [0.3, 0.4) is 0 Å². The van der Waals surface area contributed by atoms with Crippen LogP contribution in [0, 0.1) is 0 Å². The molecule has 0 saturated carbocycles. The summed E-state index contributed by atoms with van der Waals surface area (Å²) in [5, 5.41) is 0. The van der Waals surface area contributed by atoms with Gasteiger partial charge in [-0.2, -0.15) is 0 Å². The first-order valence-electron chi connectivity index (χ1n) is 22.1. The predicted molar refractivity (Wildman–Crippen MR) is 260 cm³/mol. The third-order valence-electron chi connectivity index (χ3n) is 14.4. The molecule has 12 rings (SSSR count). The second-order valence-corrected chi connectivity index (χ2v) is 18.5. The van der Waals surface area contributed by atoms with Gasteiger partial charge >= 0.3 is 0 Å². The lowest BCUT2D eigenvalue weighted by Gasteiger charge is -2.30. The van der Waals surface area contributed by atoms with E-state index in [4.69, 9.17) is 0 Å². The maximum absolute atomic E-state index is 2.53. The molecule has 298 valence electrons. The van der Waals surface area contributed by atoms with Crippen LogP contribution in [0.1, 0.15) is 67.9 Å². The monoisotopic (exact) mass is 796 g/mol. The van der Waals surface area contributed by atoms with Crippen molar-refractivity contribution in [2.24, 2.45) is 0 Å². The van der Waals surface area contributed by atoms with Crippen molar-refractivity contribution in [1.82, 2.24) is 0 Å². The summed E-state index contributed by atoms with van der Waals surface area (Å²) < 4.78 is 0. The van der Waals surface area contributed by atoms with E-state index in [1.165, 1.54) is 89.4 Å². The van der Waals surface area contributed by atoms with Crippen LogP contribution in [-0.4, -0.2) is 0 Å². The minimum absolute atomic E-state index is 0.0350. The van der Waals surface area contributed by atoms with Gasteiger partial charge in [-0.3, -0.25) is 0 Å². The molecule has 1 heterocycles. The molecule has 8 aromatic carbocycles. The van der Waals surface area contributed by atoms with E-state index in [9.17, 15) is 0 Å². The first-order chi connectivity index (χ1) is 30.3. The molecule has 3 aliphatic carbocycles. The molecule has 0 N–H and O–H groups in total. The molecule has 0 radical (unpaired) electrons. The van der Waals surface area contributed by atoms with E-state index in [0.717, 1.165) is 23.5 Å². The molecule has 1 unspecified atom stereocenters. The first kappa shape index (κ1) is 36.7. The molecule has 8 aromatic rings. The van der Waals surface area contributed by atoms with Gasteiger partial charge in [0.1, 0.15) is 0 Å². The highest BCUT2D eigenvalue weighted by Crippen LogP contribution is 2.60. The Hall–Kier alpha value is -7.16. The number of benzene rings is 8. The van der Waals surface area contributed by atoms with E-state index in [0.29, 0.717) is 0 Å². The lowest BCUT2D eigenvalue weighted by Crippen LogP contribution is -2.21. The van der Waals surface area contributed by atoms with Crippen LogP contribution in [0.2, 0.25) is 0 Å². The van der Waals surface area contributed by atoms with E-state index >= 15 is 0 Å². The second-order valence-electron chi connectivity index (χ2n) is 18.5. The van der Waals surface area contributed by atoms with Crippen LogP contribution < -0.4 is 9.80 Å². The molecule has 1 atom stereocenters. The zero-order valence-corrected chi connectivity index (χ0v) is 35.7. The largest absolute Gasteiger partial charge is 0.313 e. The molecule has 2 heteroatoms. The van der Waals surface area contributed by atoms with Crippen LogP contribution in [0.4, 0.5) is 28.4 Å². The van der Waals surface area contributed by atoms with Crippen molar-refractivity contribution < 1.29 is 0 Å². The van der Waals surface area contributed by atoms with Gasteiger partial charge in [-0.05, 0) is 146 Å². The Morgan fingerprint density at radius 3 is 1.68 bits per heavy atom. The lowest BCUT2D eigenvalue weighted by atomic mass is 9.77. The Balaban J connectivity index is 0.936. The van der Waals surface area contributed by atoms with Gasteiger partial charge in [0, 0.05) is 50.9 Å². The molecule has 0 saturated heterocycles. The van der Waals surface area contributed by atoms with Gasteiger partial charge in [0.05, 0.1) is 0 Å². The standard InChI is InChI=1S/C60H48N2/c1-59(2)53-21-13-11-19-47(53)49-33-32-46(36-55(49)59)61(44-28-23-40(24-29-44)39-15-7-5-8-16-39)45-30-25-41(26-31-45)42-27-34-57-51(35-42)52-37-50-48-20-12-14-22-54(48)60(3,4)56(50)38-58(52)62(57)43-17-9-6-10-18-43/h5-36,38,52H,37H2,1-4H3. The van der Waals surface area contributed by atoms with Gasteiger partial charge in [0.15, 0.2) is 0 Å². The van der Waals surface area contributed by atoms with Gasteiger partial charge in [-0.15, -0.1) is 0 Å². The Bertz CT molecular complexity index is 3130. The van der Waals surface area contributed by atoms with Crippen LogP contribution in [-0.2, 0) is 10.8 Å². The summed E-state index contributed by atoms with van der Waals surface area (Å²) in [6.07, 6.45) is 3.53. The van der Waals surface area contributed by atoms with E-state index < -0.39 is 0 Å². The van der Waals surface area contributed by atoms with Gasteiger partial charge in [-0.1, -0.05) is 161 Å². The van der Waals surface area contributed by atoms with Gasteiger partial charge < -0.3 is 9.80 Å². The van der Waals surface area contributed by atoms with Crippen molar-refractivity contribution in [2.45, 2.75) is 50.9 Å². The summed E-state index contributed by atoms with van der Waals surface area (Å²) in [7, 11) is 0. The zero-order valence-electron chi connectivity index (χ0n) is 35.7. The quantitative estimate of drug-likeness (QED) is 0.165. The fourth-order valence-corrected chi connectivity index (χ4v) is 11.2. The second kappa shape index (κ2) is 13.7. The van der Waals surface area contributed by atoms with Crippen molar-refractivity contribution in [2.75, 3.05) is 9.80 Å². The fourth-order valence-electron chi connectivity index (χ4n) is 11.2. The molecule has 4 aliphatic rings. The number of allylic oxidation sites excluding steroid dienone is 4. The molecular weight excluding hydrogens is 749 g/mol. The van der Waals surface area contributed by atoms with Gasteiger partial charge in [-0.25, -0.2) is 0 Å². The summed E-state index contributed by atoms with van der Waals surface area (Å²) in [6.45, 7) is 9.52. The van der Waals surface area contributed by atoms with Crippen molar-refractivity contribution in [1.29, 1.82) is 0 Å². The Kier molecular flexibility index (Phi) is 8.09. The van der Waals surface area contributed by atoms with Crippen LogP contribution in [0.5, 0.6) is 0 Å². The molecular formula is C60H48N2. The van der Waals surface area contributed by atoms with E-state index in [1.807, 2.05) is 0 Å². The third-order valence-corrected chi connectivity index (χ3v) is 14.4. The number of hydrogen-bond acceptors (Lipinski definition) is 2. The molecule has 0 bridgehead atoms. The lowest BCUT2D eigenvalue weighted by molar-refractivity contribution is 0.646. The third kappa shape index (κ3) is 5.49. The predicted octanol–water partition coefficient (Wildman–Crippen LogP) is 16.1. The zero-order chi connectivity index (χ0) is 41.7. The minimum Gasteiger partial charge on any atom is -0.313 e. The molecule has 0 fully saturated rings. The van der Waals surface area contributed by atoms with Crippen molar-refractivity contribution in [3.8, 4) is 33.4 Å². The summed E-state index contributed by atoms with van der Waals surface area (Å²) >= 11 is 0. The summed E-state index contributed by atoms with van der Waals surface area (Å²) in [4.78, 5) is 4.94.